The third-order valence-corrected chi connectivity index (χ3v) is 5.13. The Hall–Kier alpha value is -0.870. The number of imidazole rings is 1. The summed E-state index contributed by atoms with van der Waals surface area (Å²) < 4.78 is 3.29. The molecule has 1 aliphatic rings. The van der Waals surface area contributed by atoms with Crippen LogP contribution in [0.1, 0.15) is 38.4 Å². The molecular formula is C15H20BrN3. The van der Waals surface area contributed by atoms with E-state index < -0.39 is 0 Å². The number of nitrogens with two attached hydrogens (primary N) is 1. The molecule has 1 fully saturated rings. The lowest BCUT2D eigenvalue weighted by atomic mass is 9.71. The molecule has 0 radical (unpaired) electrons. The number of benzene rings is 1. The van der Waals surface area contributed by atoms with E-state index in [0.29, 0.717) is 0 Å². The second-order valence-corrected chi connectivity index (χ2v) is 6.81. The van der Waals surface area contributed by atoms with Gasteiger partial charge in [0, 0.05) is 23.0 Å². The highest BCUT2D eigenvalue weighted by Crippen LogP contribution is 2.38. The summed E-state index contributed by atoms with van der Waals surface area (Å²) in [6.07, 6.45) is 4.72. The molecule has 1 saturated carbocycles. The summed E-state index contributed by atoms with van der Waals surface area (Å²) in [7, 11) is 2.10. The summed E-state index contributed by atoms with van der Waals surface area (Å²) >= 11 is 3.51. The molecule has 4 heteroatoms. The van der Waals surface area contributed by atoms with E-state index in [1.807, 2.05) is 0 Å². The maximum Gasteiger partial charge on any atom is 0.117 e. The number of rotatable bonds is 1. The van der Waals surface area contributed by atoms with Gasteiger partial charge in [-0.15, -0.1) is 0 Å². The quantitative estimate of drug-likeness (QED) is 0.873. The molecule has 1 aromatic heterocycles. The maximum atomic E-state index is 6.40. The van der Waals surface area contributed by atoms with Crippen molar-refractivity contribution in [2.75, 3.05) is 0 Å². The zero-order valence-electron chi connectivity index (χ0n) is 11.5. The fraction of sp³-hybridized carbons (Fsp3) is 0.533. The molecule has 2 atom stereocenters. The second kappa shape index (κ2) is 4.60. The van der Waals surface area contributed by atoms with Crippen molar-refractivity contribution in [3.63, 3.8) is 0 Å². The minimum Gasteiger partial charge on any atom is -0.331 e. The van der Waals surface area contributed by atoms with E-state index in [-0.39, 0.29) is 11.5 Å². The molecule has 0 spiro atoms. The summed E-state index contributed by atoms with van der Waals surface area (Å²) in [6, 6.07) is 6.47. The summed E-state index contributed by atoms with van der Waals surface area (Å²) in [6.45, 7) is 2.27. The minimum absolute atomic E-state index is 0.00149. The Kier molecular flexibility index (Phi) is 3.18. The molecule has 2 N–H and O–H groups in total. The predicted molar refractivity (Wildman–Crippen MR) is 82.2 cm³/mol. The van der Waals surface area contributed by atoms with E-state index in [1.165, 1.54) is 18.4 Å². The van der Waals surface area contributed by atoms with Gasteiger partial charge < -0.3 is 10.3 Å². The SMILES string of the molecule is Cn1c(C2(C)CCCCC2N)nc2cc(Br)ccc21. The standard InChI is InChI=1S/C15H20BrN3/c1-15(8-4-3-5-13(15)17)14-18-11-9-10(16)6-7-12(11)19(14)2/h6-7,9,13H,3-5,8,17H2,1-2H3. The molecule has 3 nitrogen and oxygen atoms in total. The van der Waals surface area contributed by atoms with Crippen LogP contribution in [0.4, 0.5) is 0 Å². The van der Waals surface area contributed by atoms with Crippen LogP contribution in [-0.4, -0.2) is 15.6 Å². The summed E-state index contributed by atoms with van der Waals surface area (Å²) in [5.41, 5.74) is 8.63. The monoisotopic (exact) mass is 321 g/mol. The number of aryl methyl sites for hydroxylation is 1. The van der Waals surface area contributed by atoms with Crippen LogP contribution in [-0.2, 0) is 12.5 Å². The van der Waals surface area contributed by atoms with Crippen LogP contribution in [0.2, 0.25) is 0 Å². The minimum atomic E-state index is -0.00149. The van der Waals surface area contributed by atoms with E-state index in [9.17, 15) is 0 Å². The largest absolute Gasteiger partial charge is 0.331 e. The zero-order chi connectivity index (χ0) is 13.6. The first-order valence-electron chi connectivity index (χ1n) is 6.90. The molecule has 0 aliphatic heterocycles. The third kappa shape index (κ3) is 2.01. The van der Waals surface area contributed by atoms with Crippen LogP contribution in [0.15, 0.2) is 22.7 Å². The van der Waals surface area contributed by atoms with Crippen LogP contribution < -0.4 is 5.73 Å². The van der Waals surface area contributed by atoms with E-state index in [2.05, 4.69) is 52.7 Å². The van der Waals surface area contributed by atoms with Crippen LogP contribution in [0, 0.1) is 0 Å². The normalized spacial score (nSPS) is 27.9. The Bertz CT molecular complexity index is 619. The molecule has 2 unspecified atom stereocenters. The van der Waals surface area contributed by atoms with Gasteiger partial charge in [-0.25, -0.2) is 4.98 Å². The van der Waals surface area contributed by atoms with Crippen molar-refractivity contribution in [2.45, 2.75) is 44.1 Å². The fourth-order valence-corrected chi connectivity index (χ4v) is 3.67. The Morgan fingerprint density at radius 1 is 1.42 bits per heavy atom. The van der Waals surface area contributed by atoms with E-state index in [1.54, 1.807) is 0 Å². The molecule has 1 heterocycles. The van der Waals surface area contributed by atoms with Gasteiger partial charge in [0.25, 0.3) is 0 Å². The van der Waals surface area contributed by atoms with Gasteiger partial charge in [0.1, 0.15) is 5.82 Å². The third-order valence-electron chi connectivity index (χ3n) is 4.63. The molecular weight excluding hydrogens is 302 g/mol. The lowest BCUT2D eigenvalue weighted by Gasteiger charge is -2.38. The number of fused-ring (bicyclic) bond motifs is 1. The molecule has 0 amide bonds. The topological polar surface area (TPSA) is 43.8 Å². The predicted octanol–water partition coefficient (Wildman–Crippen LogP) is 3.49. The van der Waals surface area contributed by atoms with Crippen molar-refractivity contribution in [2.24, 2.45) is 12.8 Å². The van der Waals surface area contributed by atoms with Gasteiger partial charge in [0.05, 0.1) is 11.0 Å². The average molecular weight is 322 g/mol. The summed E-state index contributed by atoms with van der Waals surface area (Å²) in [5.74, 6) is 1.13. The molecule has 19 heavy (non-hydrogen) atoms. The Labute approximate surface area is 122 Å². The van der Waals surface area contributed by atoms with Crippen LogP contribution in [0.3, 0.4) is 0 Å². The molecule has 2 aromatic rings. The second-order valence-electron chi connectivity index (χ2n) is 5.90. The highest BCUT2D eigenvalue weighted by molar-refractivity contribution is 9.10. The molecule has 1 aromatic carbocycles. The summed E-state index contributed by atoms with van der Waals surface area (Å²) in [5, 5.41) is 0. The van der Waals surface area contributed by atoms with Crippen LogP contribution >= 0.6 is 15.9 Å². The molecule has 0 saturated heterocycles. The Balaban J connectivity index is 2.16. The van der Waals surface area contributed by atoms with Crippen molar-refractivity contribution in [3.8, 4) is 0 Å². The van der Waals surface area contributed by atoms with Gasteiger partial charge >= 0.3 is 0 Å². The number of halogens is 1. The van der Waals surface area contributed by atoms with Crippen molar-refractivity contribution >= 4 is 27.0 Å². The molecule has 102 valence electrons. The fourth-order valence-electron chi connectivity index (χ4n) is 3.32. The first-order chi connectivity index (χ1) is 9.02. The van der Waals surface area contributed by atoms with Crippen LogP contribution in [0.5, 0.6) is 0 Å². The van der Waals surface area contributed by atoms with Gasteiger partial charge in [-0.05, 0) is 31.0 Å². The van der Waals surface area contributed by atoms with Crippen molar-refractivity contribution < 1.29 is 0 Å². The Morgan fingerprint density at radius 2 is 2.21 bits per heavy atom. The maximum absolute atomic E-state index is 6.40. The Morgan fingerprint density at radius 3 is 2.95 bits per heavy atom. The number of hydrogen-bond acceptors (Lipinski definition) is 2. The molecule has 1 aliphatic carbocycles. The molecule has 3 rings (SSSR count). The number of hydrogen-bond donors (Lipinski definition) is 1. The first kappa shape index (κ1) is 13.1. The van der Waals surface area contributed by atoms with Crippen molar-refractivity contribution in [1.29, 1.82) is 0 Å². The van der Waals surface area contributed by atoms with Crippen molar-refractivity contribution in [1.82, 2.24) is 9.55 Å². The number of nitrogens with zero attached hydrogens (tertiary/aromatic N) is 2. The lowest BCUT2D eigenvalue weighted by Crippen LogP contribution is -2.47. The highest BCUT2D eigenvalue weighted by atomic mass is 79.9. The van der Waals surface area contributed by atoms with Crippen LogP contribution in [0.25, 0.3) is 11.0 Å². The summed E-state index contributed by atoms with van der Waals surface area (Å²) in [4.78, 5) is 4.87. The first-order valence-corrected chi connectivity index (χ1v) is 7.70. The number of aromatic nitrogens is 2. The van der Waals surface area contributed by atoms with E-state index in [0.717, 1.165) is 28.7 Å². The van der Waals surface area contributed by atoms with Gasteiger partial charge in [-0.2, -0.15) is 0 Å². The average Bonchev–Trinajstić information content (AvgIpc) is 2.70. The zero-order valence-corrected chi connectivity index (χ0v) is 13.1. The van der Waals surface area contributed by atoms with Gasteiger partial charge in [0.2, 0.25) is 0 Å². The van der Waals surface area contributed by atoms with E-state index >= 15 is 0 Å². The highest BCUT2D eigenvalue weighted by Gasteiger charge is 2.39. The smallest absolute Gasteiger partial charge is 0.117 e. The van der Waals surface area contributed by atoms with Gasteiger partial charge in [-0.3, -0.25) is 0 Å². The van der Waals surface area contributed by atoms with Crippen molar-refractivity contribution in [3.05, 3.63) is 28.5 Å². The van der Waals surface area contributed by atoms with Gasteiger partial charge in [-0.1, -0.05) is 35.7 Å². The lowest BCUT2D eigenvalue weighted by molar-refractivity contribution is 0.254. The molecule has 0 bridgehead atoms. The van der Waals surface area contributed by atoms with E-state index in [4.69, 9.17) is 10.7 Å². The van der Waals surface area contributed by atoms with Gasteiger partial charge in [0.15, 0.2) is 0 Å².